The first-order valence-corrected chi connectivity index (χ1v) is 10.3. The van der Waals surface area contributed by atoms with E-state index in [1.54, 1.807) is 0 Å². The topological polar surface area (TPSA) is 81.2 Å². The van der Waals surface area contributed by atoms with Crippen molar-refractivity contribution in [3.05, 3.63) is 83.7 Å². The molecule has 2 heterocycles. The van der Waals surface area contributed by atoms with Gasteiger partial charge in [-0.25, -0.2) is 0 Å². The van der Waals surface area contributed by atoms with E-state index in [-0.39, 0.29) is 5.25 Å². The second kappa shape index (κ2) is 8.17. The molecule has 1 aliphatic heterocycles. The SMILES string of the molecule is N#Cc1ccccc1-c1ccc(C(S)c2nnc(-c3ccc4c(c3)OCCO4)o2)cc1. The minimum absolute atomic E-state index is 0.376. The number of nitrogens with zero attached hydrogens (tertiary/aromatic N) is 3. The molecule has 5 rings (SSSR count). The molecular formula is C24H17N3O3S. The van der Waals surface area contributed by atoms with E-state index in [1.807, 2.05) is 66.7 Å². The summed E-state index contributed by atoms with van der Waals surface area (Å²) in [6.45, 7) is 1.05. The van der Waals surface area contributed by atoms with Crippen molar-refractivity contribution in [2.75, 3.05) is 13.2 Å². The molecule has 3 aromatic carbocycles. The summed E-state index contributed by atoms with van der Waals surface area (Å²) in [5.74, 6) is 2.17. The van der Waals surface area contributed by atoms with Crippen molar-refractivity contribution in [2.45, 2.75) is 5.25 Å². The molecule has 0 aliphatic carbocycles. The third-order valence-corrected chi connectivity index (χ3v) is 5.57. The number of benzene rings is 3. The molecule has 0 saturated heterocycles. The lowest BCUT2D eigenvalue weighted by atomic mass is 9.99. The molecule has 0 radical (unpaired) electrons. The lowest BCUT2D eigenvalue weighted by Crippen LogP contribution is -2.15. The van der Waals surface area contributed by atoms with Gasteiger partial charge in [-0.15, -0.1) is 10.2 Å². The van der Waals surface area contributed by atoms with Crippen molar-refractivity contribution < 1.29 is 13.9 Å². The first kappa shape index (κ1) is 19.2. The van der Waals surface area contributed by atoms with Gasteiger partial charge in [0.05, 0.1) is 11.6 Å². The Labute approximate surface area is 184 Å². The highest BCUT2D eigenvalue weighted by molar-refractivity contribution is 7.80. The van der Waals surface area contributed by atoms with E-state index in [2.05, 4.69) is 28.9 Å². The number of ether oxygens (including phenoxy) is 2. The number of nitriles is 1. The summed E-state index contributed by atoms with van der Waals surface area (Å²) in [5.41, 5.74) is 4.17. The third-order valence-electron chi connectivity index (χ3n) is 5.05. The monoisotopic (exact) mass is 427 g/mol. The Morgan fingerprint density at radius 1 is 0.871 bits per heavy atom. The average Bonchev–Trinajstić information content (AvgIpc) is 3.34. The largest absolute Gasteiger partial charge is 0.486 e. The van der Waals surface area contributed by atoms with Crippen molar-refractivity contribution in [2.24, 2.45) is 0 Å². The first-order valence-electron chi connectivity index (χ1n) is 9.74. The molecule has 0 N–H and O–H groups in total. The average molecular weight is 427 g/mol. The van der Waals surface area contributed by atoms with E-state index in [0.29, 0.717) is 42.1 Å². The first-order chi connectivity index (χ1) is 15.2. The predicted octanol–water partition coefficient (Wildman–Crippen LogP) is 5.07. The van der Waals surface area contributed by atoms with Gasteiger partial charge in [-0.05, 0) is 41.0 Å². The van der Waals surface area contributed by atoms with Crippen molar-refractivity contribution in [1.82, 2.24) is 10.2 Å². The molecule has 0 amide bonds. The van der Waals surface area contributed by atoms with E-state index in [4.69, 9.17) is 13.9 Å². The summed E-state index contributed by atoms with van der Waals surface area (Å²) >= 11 is 4.68. The van der Waals surface area contributed by atoms with Crippen LogP contribution in [0, 0.1) is 11.3 Å². The van der Waals surface area contributed by atoms with Crippen LogP contribution in [0.15, 0.2) is 71.1 Å². The number of hydrogen-bond donors (Lipinski definition) is 1. The van der Waals surface area contributed by atoms with Crippen LogP contribution < -0.4 is 9.47 Å². The van der Waals surface area contributed by atoms with E-state index in [9.17, 15) is 5.26 Å². The summed E-state index contributed by atoms with van der Waals surface area (Å²) in [5, 5.41) is 17.3. The lowest BCUT2D eigenvalue weighted by Gasteiger charge is -2.18. The fourth-order valence-electron chi connectivity index (χ4n) is 3.46. The van der Waals surface area contributed by atoms with Crippen LogP contribution in [-0.4, -0.2) is 23.4 Å². The van der Waals surface area contributed by atoms with E-state index >= 15 is 0 Å². The second-order valence-corrected chi connectivity index (χ2v) is 7.50. The van der Waals surface area contributed by atoms with Gasteiger partial charge in [0.25, 0.3) is 0 Å². The van der Waals surface area contributed by atoms with E-state index in [1.165, 1.54) is 0 Å². The molecule has 1 aliphatic rings. The van der Waals surface area contributed by atoms with Gasteiger partial charge in [-0.1, -0.05) is 42.5 Å². The smallest absolute Gasteiger partial charge is 0.247 e. The summed E-state index contributed by atoms with van der Waals surface area (Å²) in [7, 11) is 0. The molecule has 1 unspecified atom stereocenters. The van der Waals surface area contributed by atoms with Crippen LogP contribution in [0.5, 0.6) is 11.5 Å². The molecular weight excluding hydrogens is 410 g/mol. The van der Waals surface area contributed by atoms with Gasteiger partial charge in [-0.2, -0.15) is 17.9 Å². The Bertz CT molecular complexity index is 1280. The molecule has 1 atom stereocenters. The highest BCUT2D eigenvalue weighted by Gasteiger charge is 2.20. The lowest BCUT2D eigenvalue weighted by molar-refractivity contribution is 0.171. The minimum atomic E-state index is -0.376. The Morgan fingerprint density at radius 2 is 1.61 bits per heavy atom. The van der Waals surface area contributed by atoms with Crippen LogP contribution in [0.2, 0.25) is 0 Å². The summed E-state index contributed by atoms with van der Waals surface area (Å²) in [6.07, 6.45) is 0. The maximum Gasteiger partial charge on any atom is 0.247 e. The van der Waals surface area contributed by atoms with Gasteiger partial charge in [0.2, 0.25) is 11.8 Å². The van der Waals surface area contributed by atoms with Gasteiger partial charge in [0, 0.05) is 5.56 Å². The third kappa shape index (κ3) is 3.74. The molecule has 0 spiro atoms. The summed E-state index contributed by atoms with van der Waals surface area (Å²) in [6, 6.07) is 23.1. The molecule has 152 valence electrons. The molecule has 7 heteroatoms. The number of hydrogen-bond acceptors (Lipinski definition) is 7. The van der Waals surface area contributed by atoms with Gasteiger partial charge < -0.3 is 13.9 Å². The number of fused-ring (bicyclic) bond motifs is 1. The normalized spacial score (nSPS) is 13.4. The van der Waals surface area contributed by atoms with Crippen LogP contribution in [0.4, 0.5) is 0 Å². The van der Waals surface area contributed by atoms with Crippen molar-refractivity contribution >= 4 is 12.6 Å². The number of rotatable bonds is 4. The van der Waals surface area contributed by atoms with Crippen LogP contribution in [-0.2, 0) is 0 Å². The van der Waals surface area contributed by atoms with Crippen molar-refractivity contribution in [3.8, 4) is 40.1 Å². The quantitative estimate of drug-likeness (QED) is 0.458. The minimum Gasteiger partial charge on any atom is -0.486 e. The fourth-order valence-corrected chi connectivity index (χ4v) is 3.73. The second-order valence-electron chi connectivity index (χ2n) is 6.99. The zero-order chi connectivity index (χ0) is 21.2. The maximum absolute atomic E-state index is 9.33. The molecule has 6 nitrogen and oxygen atoms in total. The Hall–Kier alpha value is -3.76. The molecule has 4 aromatic rings. The Morgan fingerprint density at radius 3 is 2.42 bits per heavy atom. The van der Waals surface area contributed by atoms with Gasteiger partial charge in [0.1, 0.15) is 18.5 Å². The van der Waals surface area contributed by atoms with Crippen LogP contribution in [0.25, 0.3) is 22.6 Å². The van der Waals surface area contributed by atoms with Crippen molar-refractivity contribution in [3.63, 3.8) is 0 Å². The predicted molar refractivity (Wildman–Crippen MR) is 118 cm³/mol. The maximum atomic E-state index is 9.33. The van der Waals surface area contributed by atoms with Crippen LogP contribution in [0.1, 0.15) is 22.3 Å². The van der Waals surface area contributed by atoms with E-state index in [0.717, 1.165) is 22.3 Å². The number of aromatic nitrogens is 2. The Kier molecular flexibility index (Phi) is 5.06. The van der Waals surface area contributed by atoms with Gasteiger partial charge >= 0.3 is 0 Å². The molecule has 0 fully saturated rings. The highest BCUT2D eigenvalue weighted by atomic mass is 32.1. The molecule has 1 aromatic heterocycles. The molecule has 0 bridgehead atoms. The van der Waals surface area contributed by atoms with Crippen LogP contribution >= 0.6 is 12.6 Å². The van der Waals surface area contributed by atoms with E-state index < -0.39 is 0 Å². The zero-order valence-electron chi connectivity index (χ0n) is 16.4. The van der Waals surface area contributed by atoms with Gasteiger partial charge in [-0.3, -0.25) is 0 Å². The van der Waals surface area contributed by atoms with Crippen molar-refractivity contribution in [1.29, 1.82) is 5.26 Å². The van der Waals surface area contributed by atoms with Crippen LogP contribution in [0.3, 0.4) is 0 Å². The summed E-state index contributed by atoms with van der Waals surface area (Å²) in [4.78, 5) is 0. The van der Waals surface area contributed by atoms with Gasteiger partial charge in [0.15, 0.2) is 11.5 Å². The molecule has 31 heavy (non-hydrogen) atoms. The fraction of sp³-hybridized carbons (Fsp3) is 0.125. The molecule has 0 saturated carbocycles. The number of thiol groups is 1. The standard InChI is InChI=1S/C24H17N3O3S/c25-14-18-3-1-2-4-19(18)15-5-7-16(8-6-15)22(31)24-27-26-23(30-24)17-9-10-20-21(13-17)29-12-11-28-20/h1-10,13,22,31H,11-12H2. The highest BCUT2D eigenvalue weighted by Crippen LogP contribution is 2.36. The zero-order valence-corrected chi connectivity index (χ0v) is 17.3. The summed E-state index contributed by atoms with van der Waals surface area (Å²) < 4.78 is 17.1. The Balaban J connectivity index is 1.38.